The third kappa shape index (κ3) is 54.2. The van der Waals surface area contributed by atoms with Crippen molar-refractivity contribution in [1.29, 1.82) is 0 Å². The molecule has 0 N–H and O–H groups in total. The molecule has 0 saturated heterocycles. The summed E-state index contributed by atoms with van der Waals surface area (Å²) in [6.45, 7) is 7.68. The molecule has 1 atom stereocenters. The Morgan fingerprint density at radius 3 is 1.12 bits per heavy atom. The first-order chi connectivity index (χ1) is 32.6. The van der Waals surface area contributed by atoms with Crippen molar-refractivity contribution < 1.29 is 23.8 Å². The van der Waals surface area contributed by atoms with Gasteiger partial charge in [-0.25, -0.2) is 0 Å². The number of ether oxygens (including phenoxy) is 3. The van der Waals surface area contributed by atoms with Crippen LogP contribution in [-0.2, 0) is 23.8 Å². The van der Waals surface area contributed by atoms with E-state index in [1.165, 1.54) is 180 Å². The van der Waals surface area contributed by atoms with E-state index in [9.17, 15) is 9.59 Å². The average Bonchev–Trinajstić information content (AvgIpc) is 3.32. The van der Waals surface area contributed by atoms with E-state index >= 15 is 0 Å². The lowest BCUT2D eigenvalue weighted by molar-refractivity contribution is -0.163. The van der Waals surface area contributed by atoms with Gasteiger partial charge in [0, 0.05) is 19.4 Å². The molecule has 66 heavy (non-hydrogen) atoms. The molecule has 0 amide bonds. The van der Waals surface area contributed by atoms with E-state index in [0.29, 0.717) is 19.4 Å². The zero-order chi connectivity index (χ0) is 47.7. The minimum absolute atomic E-state index is 0.0750. The molecule has 0 radical (unpaired) electrons. The fourth-order valence-corrected chi connectivity index (χ4v) is 8.26. The molecule has 0 rings (SSSR count). The fraction of sp³-hybridized carbons (Fsp3) is 0.803. The van der Waals surface area contributed by atoms with Crippen LogP contribution in [0.4, 0.5) is 0 Å². The summed E-state index contributed by atoms with van der Waals surface area (Å²) in [6, 6.07) is 0. The molecular weight excluding hydrogens is 813 g/mol. The van der Waals surface area contributed by atoms with E-state index in [1.807, 2.05) is 0 Å². The summed E-state index contributed by atoms with van der Waals surface area (Å²) < 4.78 is 17.5. The summed E-state index contributed by atoms with van der Waals surface area (Å²) in [5.41, 5.74) is 0. The lowest BCUT2D eigenvalue weighted by Crippen LogP contribution is -2.30. The minimum atomic E-state index is -0.552. The third-order valence-corrected chi connectivity index (χ3v) is 12.5. The summed E-state index contributed by atoms with van der Waals surface area (Å²) in [6.07, 6.45) is 72.4. The van der Waals surface area contributed by atoms with Crippen LogP contribution in [0.2, 0.25) is 0 Å². The summed E-state index contributed by atoms with van der Waals surface area (Å²) in [5.74, 6) is -0.406. The molecule has 0 aromatic heterocycles. The summed E-state index contributed by atoms with van der Waals surface area (Å²) in [5, 5.41) is 0. The Hall–Kier alpha value is -2.40. The maximum atomic E-state index is 12.9. The number of carbonyl (C=O) groups is 2. The fourth-order valence-electron chi connectivity index (χ4n) is 8.26. The zero-order valence-electron chi connectivity index (χ0n) is 44.2. The second kappa shape index (κ2) is 56.9. The van der Waals surface area contributed by atoms with Gasteiger partial charge >= 0.3 is 11.9 Å². The predicted molar refractivity (Wildman–Crippen MR) is 288 cm³/mol. The first-order valence-electron chi connectivity index (χ1n) is 28.8. The molecule has 0 aliphatic rings. The molecule has 0 aromatic carbocycles. The van der Waals surface area contributed by atoms with Crippen molar-refractivity contribution in [3.63, 3.8) is 0 Å². The van der Waals surface area contributed by atoms with Crippen molar-refractivity contribution in [2.45, 2.75) is 297 Å². The van der Waals surface area contributed by atoms with Gasteiger partial charge < -0.3 is 14.2 Å². The van der Waals surface area contributed by atoms with Crippen LogP contribution in [0.15, 0.2) is 60.8 Å². The van der Waals surface area contributed by atoms with Crippen molar-refractivity contribution in [2.24, 2.45) is 0 Å². The van der Waals surface area contributed by atoms with Crippen molar-refractivity contribution >= 4 is 11.9 Å². The smallest absolute Gasteiger partial charge is 0.306 e. The van der Waals surface area contributed by atoms with E-state index in [-0.39, 0.29) is 25.2 Å². The number of rotatable bonds is 53. The van der Waals surface area contributed by atoms with Gasteiger partial charge in [-0.15, -0.1) is 0 Å². The Bertz CT molecular complexity index is 1130. The van der Waals surface area contributed by atoms with Crippen LogP contribution in [0, 0.1) is 0 Å². The van der Waals surface area contributed by atoms with Gasteiger partial charge in [0.05, 0.1) is 6.61 Å². The average molecular weight is 924 g/mol. The molecule has 0 fully saturated rings. The van der Waals surface area contributed by atoms with E-state index < -0.39 is 6.10 Å². The van der Waals surface area contributed by atoms with E-state index in [2.05, 4.69) is 81.5 Å². The van der Waals surface area contributed by atoms with Gasteiger partial charge in [-0.1, -0.05) is 255 Å². The quantitative estimate of drug-likeness (QED) is 0.0346. The molecule has 0 saturated carbocycles. The molecule has 384 valence electrons. The number of carbonyl (C=O) groups excluding carboxylic acids is 2. The van der Waals surface area contributed by atoms with E-state index in [0.717, 1.165) is 77.0 Å². The predicted octanol–water partition coefficient (Wildman–Crippen LogP) is 19.7. The van der Waals surface area contributed by atoms with Crippen LogP contribution < -0.4 is 0 Å². The number of hydrogen-bond acceptors (Lipinski definition) is 5. The van der Waals surface area contributed by atoms with Crippen molar-refractivity contribution in [2.75, 3.05) is 19.8 Å². The van der Waals surface area contributed by atoms with Crippen LogP contribution in [0.3, 0.4) is 0 Å². The second-order valence-electron chi connectivity index (χ2n) is 19.2. The summed E-state index contributed by atoms with van der Waals surface area (Å²) >= 11 is 0. The molecule has 5 nitrogen and oxygen atoms in total. The molecule has 0 aliphatic carbocycles. The highest BCUT2D eigenvalue weighted by Crippen LogP contribution is 2.16. The molecule has 5 heteroatoms. The highest BCUT2D eigenvalue weighted by molar-refractivity contribution is 5.70. The first-order valence-corrected chi connectivity index (χ1v) is 28.8. The molecule has 0 bridgehead atoms. The SMILES string of the molecule is CC/C=C\C/C=C\C/C=C\CCCCCCOCC(COC(=O)CCCCCCCCCCCCCCCCCCCCC)OC(=O)CCCCCCCCC/C=C\C/C=C\CCCCC. The number of allylic oxidation sites excluding steroid dienone is 10. The minimum Gasteiger partial charge on any atom is -0.462 e. The van der Waals surface area contributed by atoms with Crippen LogP contribution in [-0.4, -0.2) is 37.9 Å². The summed E-state index contributed by atoms with van der Waals surface area (Å²) in [4.78, 5) is 25.5. The first kappa shape index (κ1) is 63.6. The van der Waals surface area contributed by atoms with Gasteiger partial charge in [0.25, 0.3) is 0 Å². The van der Waals surface area contributed by atoms with Crippen LogP contribution >= 0.6 is 0 Å². The maximum absolute atomic E-state index is 12.9. The zero-order valence-corrected chi connectivity index (χ0v) is 44.2. The Kier molecular flexibility index (Phi) is 54.9. The Morgan fingerprint density at radius 2 is 0.682 bits per heavy atom. The van der Waals surface area contributed by atoms with Crippen LogP contribution in [0.1, 0.15) is 290 Å². The van der Waals surface area contributed by atoms with Gasteiger partial charge in [0.2, 0.25) is 0 Å². The van der Waals surface area contributed by atoms with Gasteiger partial charge in [0.1, 0.15) is 6.61 Å². The van der Waals surface area contributed by atoms with Crippen LogP contribution in [0.5, 0.6) is 0 Å². The van der Waals surface area contributed by atoms with Crippen LogP contribution in [0.25, 0.3) is 0 Å². The van der Waals surface area contributed by atoms with Gasteiger partial charge in [-0.3, -0.25) is 9.59 Å². The van der Waals surface area contributed by atoms with Gasteiger partial charge in [0.15, 0.2) is 6.10 Å². The van der Waals surface area contributed by atoms with Crippen molar-refractivity contribution in [3.05, 3.63) is 60.8 Å². The molecule has 1 unspecified atom stereocenters. The van der Waals surface area contributed by atoms with Crippen molar-refractivity contribution in [1.82, 2.24) is 0 Å². The molecule has 0 aliphatic heterocycles. The van der Waals surface area contributed by atoms with E-state index in [1.54, 1.807) is 0 Å². The number of esters is 2. The molecule has 0 aromatic rings. The highest BCUT2D eigenvalue weighted by atomic mass is 16.6. The van der Waals surface area contributed by atoms with Gasteiger partial charge in [-0.2, -0.15) is 0 Å². The highest BCUT2D eigenvalue weighted by Gasteiger charge is 2.17. The van der Waals surface area contributed by atoms with Crippen molar-refractivity contribution in [3.8, 4) is 0 Å². The Balaban J connectivity index is 4.26. The third-order valence-electron chi connectivity index (χ3n) is 12.5. The Labute approximate surface area is 411 Å². The maximum Gasteiger partial charge on any atom is 0.306 e. The normalized spacial score (nSPS) is 12.6. The second-order valence-corrected chi connectivity index (χ2v) is 19.2. The molecule has 0 heterocycles. The summed E-state index contributed by atoms with van der Waals surface area (Å²) in [7, 11) is 0. The topological polar surface area (TPSA) is 61.8 Å². The van der Waals surface area contributed by atoms with E-state index in [4.69, 9.17) is 14.2 Å². The van der Waals surface area contributed by atoms with Gasteiger partial charge in [-0.05, 0) is 83.5 Å². The lowest BCUT2D eigenvalue weighted by atomic mass is 10.0. The largest absolute Gasteiger partial charge is 0.462 e. The molecular formula is C61H110O5. The molecule has 0 spiro atoms. The number of hydrogen-bond donors (Lipinski definition) is 0. The monoisotopic (exact) mass is 923 g/mol. The Morgan fingerprint density at radius 1 is 0.348 bits per heavy atom. The lowest BCUT2D eigenvalue weighted by Gasteiger charge is -2.18. The number of unbranched alkanes of at least 4 members (excludes halogenated alkanes) is 32. The standard InChI is InChI=1S/C61H110O5/c1-4-7-10-13-16-19-22-25-28-30-31-33-34-36-39-42-45-48-51-54-60(62)65-58-59(57-64-56-53-50-47-44-41-38-27-24-21-18-15-12-9-6-3)66-61(63)55-52-49-46-43-40-37-35-32-29-26-23-20-17-14-11-8-5-2/h9,12,17-18,20-21,26-27,29,38,59H,4-8,10-11,13-16,19,22-25,28,30-37,39-58H2,1-3H3/b12-9-,20-17-,21-18-,29-26-,38-27-.